The van der Waals surface area contributed by atoms with Crippen LogP contribution in [-0.4, -0.2) is 23.5 Å². The lowest BCUT2D eigenvalue weighted by Crippen LogP contribution is -2.42. The fraction of sp³-hybridized carbons (Fsp3) is 0.360. The van der Waals surface area contributed by atoms with Gasteiger partial charge in [-0.2, -0.15) is 0 Å². The molecule has 2 aromatic carbocycles. The van der Waals surface area contributed by atoms with Crippen molar-refractivity contribution in [2.45, 2.75) is 45.7 Å². The summed E-state index contributed by atoms with van der Waals surface area (Å²) >= 11 is 0. The third-order valence-corrected chi connectivity index (χ3v) is 5.86. The number of hydrogen-bond acceptors (Lipinski definition) is 4. The number of fused-ring (bicyclic) bond motifs is 1. The van der Waals surface area contributed by atoms with Crippen molar-refractivity contribution in [1.82, 2.24) is 4.90 Å². The van der Waals surface area contributed by atoms with Gasteiger partial charge in [-0.15, -0.1) is 0 Å². The Morgan fingerprint density at radius 1 is 1.17 bits per heavy atom. The molecule has 1 aliphatic rings. The minimum absolute atomic E-state index is 0.0397. The van der Waals surface area contributed by atoms with Gasteiger partial charge in [0.2, 0.25) is 0 Å². The zero-order valence-electron chi connectivity index (χ0n) is 17.5. The number of rotatable bonds is 8. The van der Waals surface area contributed by atoms with Crippen molar-refractivity contribution in [1.29, 1.82) is 0 Å². The predicted molar refractivity (Wildman–Crippen MR) is 117 cm³/mol. The summed E-state index contributed by atoms with van der Waals surface area (Å²) in [7, 11) is 0. The smallest absolute Gasteiger partial charge is 0.336 e. The van der Waals surface area contributed by atoms with Gasteiger partial charge >= 0.3 is 5.63 Å². The van der Waals surface area contributed by atoms with Gasteiger partial charge in [-0.1, -0.05) is 37.3 Å². The van der Waals surface area contributed by atoms with Crippen molar-refractivity contribution in [2.75, 3.05) is 6.61 Å². The van der Waals surface area contributed by atoms with Gasteiger partial charge < -0.3 is 14.1 Å². The molecule has 1 aromatic heterocycles. The molecule has 1 saturated carbocycles. The van der Waals surface area contributed by atoms with Crippen molar-refractivity contribution in [3.63, 3.8) is 0 Å². The zero-order valence-corrected chi connectivity index (χ0v) is 17.5. The van der Waals surface area contributed by atoms with Crippen molar-refractivity contribution < 1.29 is 13.9 Å². The largest absolute Gasteiger partial charge is 0.484 e. The highest BCUT2D eigenvalue weighted by Gasteiger charge is 2.34. The molecular formula is C25H27NO4. The van der Waals surface area contributed by atoms with E-state index in [2.05, 4.69) is 6.92 Å². The maximum Gasteiger partial charge on any atom is 0.336 e. The second kappa shape index (κ2) is 8.74. The number of nitrogens with zero attached hydrogens (tertiary/aromatic N) is 1. The third-order valence-electron chi connectivity index (χ3n) is 5.86. The molecule has 1 amide bonds. The van der Waals surface area contributed by atoms with Gasteiger partial charge in [-0.25, -0.2) is 4.79 Å². The van der Waals surface area contributed by atoms with Crippen LogP contribution in [0.1, 0.15) is 37.8 Å². The second-order valence-electron chi connectivity index (χ2n) is 7.98. The summed E-state index contributed by atoms with van der Waals surface area (Å²) in [5, 5.41) is 0.892. The maximum absolute atomic E-state index is 13.0. The normalized spacial score (nSPS) is 14.5. The van der Waals surface area contributed by atoms with Crippen LogP contribution in [0.5, 0.6) is 5.75 Å². The van der Waals surface area contributed by atoms with E-state index >= 15 is 0 Å². The molecule has 0 N–H and O–H groups in total. The molecule has 1 aliphatic carbocycles. The van der Waals surface area contributed by atoms with E-state index in [0.29, 0.717) is 23.8 Å². The Balaban J connectivity index is 1.49. The van der Waals surface area contributed by atoms with Crippen molar-refractivity contribution in [2.24, 2.45) is 5.92 Å². The van der Waals surface area contributed by atoms with Crippen LogP contribution >= 0.6 is 0 Å². The highest BCUT2D eigenvalue weighted by Crippen LogP contribution is 2.35. The average Bonchev–Trinajstić information content (AvgIpc) is 3.60. The van der Waals surface area contributed by atoms with E-state index in [1.165, 1.54) is 18.9 Å². The summed E-state index contributed by atoms with van der Waals surface area (Å²) in [6.07, 6.45) is 3.09. The van der Waals surface area contributed by atoms with Gasteiger partial charge in [0.1, 0.15) is 11.3 Å². The van der Waals surface area contributed by atoms with E-state index < -0.39 is 0 Å². The minimum atomic E-state index is -0.375. The molecule has 0 aliphatic heterocycles. The van der Waals surface area contributed by atoms with E-state index in [1.54, 1.807) is 6.07 Å². The standard InChI is InChI=1S/C25H27NO4/c1-3-19-13-25(28)30-23-14-21(11-12-22(19)23)29-16-24(27)26(17(2)20-9-10-20)15-18-7-5-4-6-8-18/h4-8,11-14,17,20H,3,9-10,15-16H2,1-2H3. The monoisotopic (exact) mass is 405 g/mol. The number of carbonyl (C=O) groups is 1. The molecule has 156 valence electrons. The summed E-state index contributed by atoms with van der Waals surface area (Å²) in [5.74, 6) is 1.05. The topological polar surface area (TPSA) is 59.8 Å². The van der Waals surface area contributed by atoms with Gasteiger partial charge in [0.25, 0.3) is 5.91 Å². The SMILES string of the molecule is CCc1cc(=O)oc2cc(OCC(=O)N(Cc3ccccc3)C(C)C3CC3)ccc12. The van der Waals surface area contributed by atoms with Crippen molar-refractivity contribution in [3.05, 3.63) is 76.1 Å². The molecule has 4 rings (SSSR count). The Kier molecular flexibility index (Phi) is 5.88. The number of benzene rings is 2. The molecular weight excluding hydrogens is 378 g/mol. The minimum Gasteiger partial charge on any atom is -0.484 e. The molecule has 3 aromatic rings. The molecule has 1 atom stereocenters. The highest BCUT2D eigenvalue weighted by atomic mass is 16.5. The first-order valence-electron chi connectivity index (χ1n) is 10.6. The maximum atomic E-state index is 13.0. The van der Waals surface area contributed by atoms with Crippen LogP contribution in [0, 0.1) is 5.92 Å². The molecule has 1 unspecified atom stereocenters. The molecule has 1 fully saturated rings. The van der Waals surface area contributed by atoms with Gasteiger partial charge in [0.05, 0.1) is 0 Å². The fourth-order valence-corrected chi connectivity index (χ4v) is 3.89. The first-order valence-corrected chi connectivity index (χ1v) is 10.6. The lowest BCUT2D eigenvalue weighted by Gasteiger charge is -2.29. The Hall–Kier alpha value is -3.08. The van der Waals surface area contributed by atoms with Crippen LogP contribution < -0.4 is 10.4 Å². The Morgan fingerprint density at radius 2 is 1.93 bits per heavy atom. The summed E-state index contributed by atoms with van der Waals surface area (Å²) in [4.78, 5) is 26.7. The number of amides is 1. The van der Waals surface area contributed by atoms with Crippen molar-refractivity contribution in [3.8, 4) is 5.75 Å². The van der Waals surface area contributed by atoms with Crippen LogP contribution in [0.25, 0.3) is 11.0 Å². The average molecular weight is 405 g/mol. The second-order valence-corrected chi connectivity index (χ2v) is 7.98. The lowest BCUT2D eigenvalue weighted by molar-refractivity contribution is -0.136. The quantitative estimate of drug-likeness (QED) is 0.516. The summed E-state index contributed by atoms with van der Waals surface area (Å²) in [6, 6.07) is 17.1. The van der Waals surface area contributed by atoms with Gasteiger partial charge in [-0.3, -0.25) is 4.79 Å². The Morgan fingerprint density at radius 3 is 2.63 bits per heavy atom. The van der Waals surface area contributed by atoms with Crippen LogP contribution in [0.15, 0.2) is 63.8 Å². The van der Waals surface area contributed by atoms with Gasteiger partial charge in [0, 0.05) is 30.1 Å². The molecule has 5 heteroatoms. The van der Waals surface area contributed by atoms with Crippen LogP contribution in [-0.2, 0) is 17.8 Å². The molecule has 30 heavy (non-hydrogen) atoms. The number of carbonyl (C=O) groups excluding carboxylic acids is 1. The molecule has 0 spiro atoms. The van der Waals surface area contributed by atoms with Crippen molar-refractivity contribution >= 4 is 16.9 Å². The zero-order chi connectivity index (χ0) is 21.1. The third kappa shape index (κ3) is 4.56. The summed E-state index contributed by atoms with van der Waals surface area (Å²) < 4.78 is 11.1. The first kappa shape index (κ1) is 20.2. The number of hydrogen-bond donors (Lipinski definition) is 0. The Labute approximate surface area is 176 Å². The predicted octanol–water partition coefficient (Wildman–Crippen LogP) is 4.56. The highest BCUT2D eigenvalue weighted by molar-refractivity contribution is 5.82. The van der Waals surface area contributed by atoms with E-state index in [-0.39, 0.29) is 24.2 Å². The van der Waals surface area contributed by atoms with Crippen LogP contribution in [0.3, 0.4) is 0 Å². The number of aryl methyl sites for hydroxylation is 1. The van der Waals surface area contributed by atoms with Gasteiger partial charge in [-0.05, 0) is 55.4 Å². The molecule has 5 nitrogen and oxygen atoms in total. The Bertz CT molecular complexity index is 1090. The van der Waals surface area contributed by atoms with E-state index in [4.69, 9.17) is 9.15 Å². The van der Waals surface area contributed by atoms with E-state index in [0.717, 1.165) is 22.9 Å². The molecule has 0 radical (unpaired) electrons. The number of ether oxygens (including phenoxy) is 1. The van der Waals surface area contributed by atoms with Crippen LogP contribution in [0.2, 0.25) is 0 Å². The van der Waals surface area contributed by atoms with Crippen LogP contribution in [0.4, 0.5) is 0 Å². The summed E-state index contributed by atoms with van der Waals surface area (Å²) in [6.45, 7) is 4.65. The first-order chi connectivity index (χ1) is 14.5. The lowest BCUT2D eigenvalue weighted by atomic mass is 10.1. The molecule has 0 bridgehead atoms. The van der Waals surface area contributed by atoms with Gasteiger partial charge in [0.15, 0.2) is 6.61 Å². The molecule has 0 saturated heterocycles. The molecule has 1 heterocycles. The summed E-state index contributed by atoms with van der Waals surface area (Å²) in [5.41, 5.74) is 2.16. The fourth-order valence-electron chi connectivity index (χ4n) is 3.89. The van der Waals surface area contributed by atoms with E-state index in [1.807, 2.05) is 54.3 Å². The van der Waals surface area contributed by atoms with E-state index in [9.17, 15) is 9.59 Å².